The van der Waals surface area contributed by atoms with Crippen LogP contribution in [0.15, 0.2) is 0 Å². The van der Waals surface area contributed by atoms with Crippen LogP contribution < -0.4 is 0 Å². The Bertz CT molecular complexity index is 374. The molecule has 1 heterocycles. The fourth-order valence-electron chi connectivity index (χ4n) is 1.72. The molecule has 0 aliphatic carbocycles. The van der Waals surface area contributed by atoms with E-state index in [1.54, 1.807) is 0 Å². The lowest BCUT2D eigenvalue weighted by molar-refractivity contribution is 0.500. The molecule has 0 aliphatic rings. The first-order valence-electron chi connectivity index (χ1n) is 6.79. The smallest absolute Gasteiger partial charge is 0.0987 e. The molecule has 0 bridgehead atoms. The summed E-state index contributed by atoms with van der Waals surface area (Å²) in [6.07, 6.45) is 3.37. The zero-order valence-electron chi connectivity index (χ0n) is 12.5. The van der Waals surface area contributed by atoms with Crippen LogP contribution in [0.4, 0.5) is 0 Å². The minimum absolute atomic E-state index is 0.219. The van der Waals surface area contributed by atoms with Gasteiger partial charge in [-0.05, 0) is 19.3 Å². The van der Waals surface area contributed by atoms with Crippen LogP contribution in [-0.4, -0.2) is 4.98 Å². The van der Waals surface area contributed by atoms with Crippen molar-refractivity contribution in [2.24, 2.45) is 0 Å². The van der Waals surface area contributed by atoms with Gasteiger partial charge in [0.05, 0.1) is 10.7 Å². The summed E-state index contributed by atoms with van der Waals surface area (Å²) in [7, 11) is 0. The second-order valence-corrected chi connectivity index (χ2v) is 7.12. The molecule has 0 radical (unpaired) electrons. The van der Waals surface area contributed by atoms with Crippen molar-refractivity contribution in [3.8, 4) is 0 Å². The van der Waals surface area contributed by atoms with Crippen LogP contribution in [0.3, 0.4) is 0 Å². The lowest BCUT2D eigenvalue weighted by atomic mass is 9.87. The van der Waals surface area contributed by atoms with Gasteiger partial charge in [0.2, 0.25) is 0 Å². The van der Waals surface area contributed by atoms with Gasteiger partial charge in [-0.3, -0.25) is 0 Å². The minimum atomic E-state index is 0.219. The molecule has 1 nitrogen and oxygen atoms in total. The van der Waals surface area contributed by atoms with Crippen molar-refractivity contribution < 1.29 is 0 Å². The van der Waals surface area contributed by atoms with Crippen molar-refractivity contribution in [1.82, 2.24) is 4.98 Å². The number of nitrogens with zero attached hydrogens (tertiary/aromatic N) is 1. The predicted octanol–water partition coefficient (Wildman–Crippen LogP) is 5.08. The first kappa shape index (κ1) is 14.7. The molecular weight excluding hydrogens is 226 g/mol. The Kier molecular flexibility index (Phi) is 4.40. The maximum absolute atomic E-state index is 4.90. The van der Waals surface area contributed by atoms with Crippen molar-refractivity contribution in [2.45, 2.75) is 78.6 Å². The third-order valence-corrected chi connectivity index (χ3v) is 5.82. The number of thiazole rings is 1. The molecule has 1 aromatic rings. The Labute approximate surface area is 111 Å². The van der Waals surface area contributed by atoms with Gasteiger partial charge < -0.3 is 0 Å². The maximum atomic E-state index is 4.90. The number of rotatable bonds is 5. The van der Waals surface area contributed by atoms with Crippen molar-refractivity contribution >= 4 is 11.3 Å². The molecule has 0 N–H and O–H groups in total. The van der Waals surface area contributed by atoms with Crippen LogP contribution in [0.1, 0.15) is 76.9 Å². The highest BCUT2D eigenvalue weighted by atomic mass is 32.1. The topological polar surface area (TPSA) is 12.9 Å². The van der Waals surface area contributed by atoms with E-state index in [2.05, 4.69) is 48.5 Å². The van der Waals surface area contributed by atoms with E-state index < -0.39 is 0 Å². The Morgan fingerprint density at radius 2 is 1.47 bits per heavy atom. The molecule has 1 rings (SSSR count). The highest BCUT2D eigenvalue weighted by molar-refractivity contribution is 7.12. The molecule has 0 amide bonds. The number of hydrogen-bond acceptors (Lipinski definition) is 2. The lowest BCUT2D eigenvalue weighted by Gasteiger charge is -2.22. The van der Waals surface area contributed by atoms with Crippen molar-refractivity contribution in [3.63, 3.8) is 0 Å². The standard InChI is InChI=1S/C15H27NS/c1-8-11-12(14(4,5)9-2)17-13(16-11)15(6,7)10-3/h8-10H2,1-7H3. The van der Waals surface area contributed by atoms with E-state index in [0.717, 1.165) is 12.8 Å². The van der Waals surface area contributed by atoms with Crippen LogP contribution in [0, 0.1) is 0 Å². The van der Waals surface area contributed by atoms with Gasteiger partial charge in [-0.2, -0.15) is 0 Å². The molecule has 2 heteroatoms. The summed E-state index contributed by atoms with van der Waals surface area (Å²) in [5, 5.41) is 1.31. The van der Waals surface area contributed by atoms with Crippen LogP contribution in [0.5, 0.6) is 0 Å². The fourth-order valence-corrected chi connectivity index (χ4v) is 3.22. The van der Waals surface area contributed by atoms with Crippen LogP contribution in [-0.2, 0) is 17.3 Å². The van der Waals surface area contributed by atoms with Crippen molar-refractivity contribution in [2.75, 3.05) is 0 Å². The minimum Gasteiger partial charge on any atom is -0.245 e. The second kappa shape index (κ2) is 5.09. The van der Waals surface area contributed by atoms with E-state index >= 15 is 0 Å². The van der Waals surface area contributed by atoms with E-state index in [1.807, 2.05) is 11.3 Å². The van der Waals surface area contributed by atoms with Gasteiger partial charge in [0.25, 0.3) is 0 Å². The summed E-state index contributed by atoms with van der Waals surface area (Å²) in [4.78, 5) is 6.40. The number of aryl methyl sites for hydroxylation is 1. The first-order valence-corrected chi connectivity index (χ1v) is 7.60. The highest BCUT2D eigenvalue weighted by Gasteiger charge is 2.29. The second-order valence-electron chi connectivity index (χ2n) is 6.12. The predicted molar refractivity (Wildman–Crippen MR) is 78.1 cm³/mol. The van der Waals surface area contributed by atoms with E-state index in [1.165, 1.54) is 22.0 Å². The number of aromatic nitrogens is 1. The molecular formula is C15H27NS. The van der Waals surface area contributed by atoms with Gasteiger partial charge in [0, 0.05) is 15.7 Å². The fraction of sp³-hybridized carbons (Fsp3) is 0.800. The normalized spacial score (nSPS) is 13.1. The molecule has 98 valence electrons. The van der Waals surface area contributed by atoms with E-state index in [-0.39, 0.29) is 10.8 Å². The van der Waals surface area contributed by atoms with Gasteiger partial charge in [-0.25, -0.2) is 4.98 Å². The van der Waals surface area contributed by atoms with Gasteiger partial charge in [0.1, 0.15) is 0 Å². The van der Waals surface area contributed by atoms with E-state index in [4.69, 9.17) is 4.98 Å². The van der Waals surface area contributed by atoms with Gasteiger partial charge in [-0.1, -0.05) is 48.5 Å². The van der Waals surface area contributed by atoms with E-state index in [0.29, 0.717) is 0 Å². The molecule has 0 fully saturated rings. The van der Waals surface area contributed by atoms with E-state index in [9.17, 15) is 0 Å². The number of hydrogen-bond donors (Lipinski definition) is 0. The van der Waals surface area contributed by atoms with Crippen LogP contribution in [0.2, 0.25) is 0 Å². The van der Waals surface area contributed by atoms with Gasteiger partial charge >= 0.3 is 0 Å². The summed E-state index contributed by atoms with van der Waals surface area (Å²) in [5.41, 5.74) is 1.81. The molecule has 0 saturated heterocycles. The maximum Gasteiger partial charge on any atom is 0.0987 e. The SMILES string of the molecule is CCc1nc(C(C)(C)CC)sc1C(C)(C)CC. The Hall–Kier alpha value is -0.370. The average molecular weight is 253 g/mol. The first-order chi connectivity index (χ1) is 7.78. The molecule has 0 aromatic carbocycles. The molecule has 1 aromatic heterocycles. The highest BCUT2D eigenvalue weighted by Crippen LogP contribution is 2.39. The summed E-state index contributed by atoms with van der Waals surface area (Å²) in [6.45, 7) is 16.0. The molecule has 0 aliphatic heterocycles. The Balaban J connectivity index is 3.25. The van der Waals surface area contributed by atoms with Gasteiger partial charge in [-0.15, -0.1) is 11.3 Å². The Morgan fingerprint density at radius 1 is 0.941 bits per heavy atom. The monoisotopic (exact) mass is 253 g/mol. The Morgan fingerprint density at radius 3 is 1.88 bits per heavy atom. The summed E-state index contributed by atoms with van der Waals surface area (Å²) in [6, 6.07) is 0. The summed E-state index contributed by atoms with van der Waals surface area (Å²) in [5.74, 6) is 0. The van der Waals surface area contributed by atoms with Gasteiger partial charge in [0.15, 0.2) is 0 Å². The zero-order chi connectivity index (χ0) is 13.3. The van der Waals surface area contributed by atoms with Crippen molar-refractivity contribution in [3.05, 3.63) is 15.6 Å². The quantitative estimate of drug-likeness (QED) is 0.713. The summed E-state index contributed by atoms with van der Waals surface area (Å²) >= 11 is 1.94. The molecule has 0 saturated carbocycles. The molecule has 0 atom stereocenters. The largest absolute Gasteiger partial charge is 0.245 e. The lowest BCUT2D eigenvalue weighted by Crippen LogP contribution is -2.15. The third-order valence-electron chi connectivity index (χ3n) is 3.99. The molecule has 0 unspecified atom stereocenters. The van der Waals surface area contributed by atoms with Crippen LogP contribution >= 0.6 is 11.3 Å². The average Bonchev–Trinajstić information content (AvgIpc) is 2.74. The molecule has 0 spiro atoms. The zero-order valence-corrected chi connectivity index (χ0v) is 13.3. The van der Waals surface area contributed by atoms with Crippen LogP contribution in [0.25, 0.3) is 0 Å². The molecule has 17 heavy (non-hydrogen) atoms. The van der Waals surface area contributed by atoms with Crippen molar-refractivity contribution in [1.29, 1.82) is 0 Å². The summed E-state index contributed by atoms with van der Waals surface area (Å²) < 4.78 is 0. The third kappa shape index (κ3) is 2.90.